The highest BCUT2D eigenvalue weighted by Gasteiger charge is 2.09. The van der Waals surface area contributed by atoms with E-state index in [1.54, 1.807) is 6.20 Å². The van der Waals surface area contributed by atoms with E-state index in [-0.39, 0.29) is 0 Å². The summed E-state index contributed by atoms with van der Waals surface area (Å²) in [6.45, 7) is 4.94. The molecule has 0 spiro atoms. The number of hydrogen-bond donors (Lipinski definition) is 1. The average Bonchev–Trinajstić information content (AvgIpc) is 2.69. The normalized spacial score (nSPS) is 19.1. The SMILES string of the molecule is c1c[nH]c(CCN2CCOCC2)n1. The Bertz CT molecular complexity index is 229. The van der Waals surface area contributed by atoms with Crippen LogP contribution in [0.15, 0.2) is 12.4 Å². The first kappa shape index (κ1) is 8.72. The molecular formula is C9H15N3O. The quantitative estimate of drug-likeness (QED) is 0.728. The number of rotatable bonds is 3. The van der Waals surface area contributed by atoms with Crippen molar-refractivity contribution in [3.05, 3.63) is 18.2 Å². The van der Waals surface area contributed by atoms with Gasteiger partial charge in [0.25, 0.3) is 0 Å². The maximum Gasteiger partial charge on any atom is 0.107 e. The molecule has 1 aliphatic heterocycles. The summed E-state index contributed by atoms with van der Waals surface area (Å²) in [4.78, 5) is 9.70. The van der Waals surface area contributed by atoms with Gasteiger partial charge in [-0.05, 0) is 0 Å². The van der Waals surface area contributed by atoms with Crippen molar-refractivity contribution in [3.63, 3.8) is 0 Å². The smallest absolute Gasteiger partial charge is 0.107 e. The highest BCUT2D eigenvalue weighted by atomic mass is 16.5. The van der Waals surface area contributed by atoms with Crippen LogP contribution in [0.25, 0.3) is 0 Å². The van der Waals surface area contributed by atoms with Crippen LogP contribution in [0.2, 0.25) is 0 Å². The van der Waals surface area contributed by atoms with E-state index in [9.17, 15) is 0 Å². The summed E-state index contributed by atoms with van der Waals surface area (Å²) in [6.07, 6.45) is 4.68. The summed E-state index contributed by atoms with van der Waals surface area (Å²) < 4.78 is 5.27. The lowest BCUT2D eigenvalue weighted by atomic mass is 10.3. The number of hydrogen-bond acceptors (Lipinski definition) is 3. The third kappa shape index (κ3) is 2.54. The molecule has 4 nitrogen and oxygen atoms in total. The van der Waals surface area contributed by atoms with Crippen LogP contribution in [-0.4, -0.2) is 47.7 Å². The number of imidazole rings is 1. The zero-order valence-corrected chi connectivity index (χ0v) is 7.70. The lowest BCUT2D eigenvalue weighted by Gasteiger charge is -2.25. The number of ether oxygens (including phenoxy) is 1. The molecule has 0 aliphatic carbocycles. The summed E-state index contributed by atoms with van der Waals surface area (Å²) in [6, 6.07) is 0. The molecule has 0 saturated carbocycles. The number of H-pyrrole nitrogens is 1. The fraction of sp³-hybridized carbons (Fsp3) is 0.667. The predicted molar refractivity (Wildman–Crippen MR) is 49.6 cm³/mol. The van der Waals surface area contributed by atoms with E-state index in [1.165, 1.54) is 0 Å². The van der Waals surface area contributed by atoms with Crippen LogP contribution in [0.5, 0.6) is 0 Å². The number of aromatic nitrogens is 2. The Balaban J connectivity index is 1.72. The molecule has 0 amide bonds. The molecule has 4 heteroatoms. The van der Waals surface area contributed by atoms with Gasteiger partial charge in [-0.2, -0.15) is 0 Å². The minimum atomic E-state index is 0.873. The molecule has 1 aliphatic rings. The van der Waals surface area contributed by atoms with E-state index in [4.69, 9.17) is 4.74 Å². The van der Waals surface area contributed by atoms with Crippen molar-refractivity contribution in [2.24, 2.45) is 0 Å². The van der Waals surface area contributed by atoms with Crippen molar-refractivity contribution in [2.75, 3.05) is 32.8 Å². The van der Waals surface area contributed by atoms with E-state index in [1.807, 2.05) is 6.20 Å². The Hall–Kier alpha value is -0.870. The Labute approximate surface area is 77.9 Å². The second-order valence-electron chi connectivity index (χ2n) is 3.24. The van der Waals surface area contributed by atoms with E-state index in [0.29, 0.717) is 0 Å². The lowest BCUT2D eigenvalue weighted by Crippen LogP contribution is -2.37. The average molecular weight is 181 g/mol. The molecule has 2 heterocycles. The van der Waals surface area contributed by atoms with Gasteiger partial charge in [0.1, 0.15) is 5.82 Å². The van der Waals surface area contributed by atoms with Crippen LogP contribution in [-0.2, 0) is 11.2 Å². The highest BCUT2D eigenvalue weighted by Crippen LogP contribution is 1.99. The highest BCUT2D eigenvalue weighted by molar-refractivity contribution is 4.87. The number of nitrogens with one attached hydrogen (secondary N) is 1. The van der Waals surface area contributed by atoms with E-state index >= 15 is 0 Å². The molecule has 0 bridgehead atoms. The van der Waals surface area contributed by atoms with Gasteiger partial charge in [0.15, 0.2) is 0 Å². The lowest BCUT2D eigenvalue weighted by molar-refractivity contribution is 0.0382. The predicted octanol–water partition coefficient (Wildman–Crippen LogP) is 0.284. The van der Waals surface area contributed by atoms with Crippen LogP contribution >= 0.6 is 0 Å². The summed E-state index contributed by atoms with van der Waals surface area (Å²) in [7, 11) is 0. The fourth-order valence-electron chi connectivity index (χ4n) is 1.52. The van der Waals surface area contributed by atoms with Crippen molar-refractivity contribution in [1.29, 1.82) is 0 Å². The molecule has 0 aromatic carbocycles. The van der Waals surface area contributed by atoms with Gasteiger partial charge >= 0.3 is 0 Å². The van der Waals surface area contributed by atoms with Gasteiger partial charge in [0.05, 0.1) is 13.2 Å². The first-order chi connectivity index (χ1) is 6.45. The first-order valence-corrected chi connectivity index (χ1v) is 4.73. The summed E-state index contributed by atoms with van der Waals surface area (Å²) in [5, 5.41) is 0. The molecule has 1 aromatic heterocycles. The molecule has 1 N–H and O–H groups in total. The minimum absolute atomic E-state index is 0.873. The Morgan fingerprint density at radius 2 is 2.31 bits per heavy atom. The molecular weight excluding hydrogens is 166 g/mol. The van der Waals surface area contributed by atoms with Crippen molar-refractivity contribution in [3.8, 4) is 0 Å². The van der Waals surface area contributed by atoms with Crippen LogP contribution in [0.1, 0.15) is 5.82 Å². The van der Waals surface area contributed by atoms with E-state index < -0.39 is 0 Å². The molecule has 13 heavy (non-hydrogen) atoms. The largest absolute Gasteiger partial charge is 0.379 e. The fourth-order valence-corrected chi connectivity index (χ4v) is 1.52. The van der Waals surface area contributed by atoms with E-state index in [0.717, 1.165) is 45.1 Å². The standard InChI is InChI=1S/C9H15N3O/c1(9-10-2-3-11-9)4-12-5-7-13-8-6-12/h2-3H,1,4-8H2,(H,10,11). The third-order valence-corrected chi connectivity index (χ3v) is 2.32. The van der Waals surface area contributed by atoms with Gasteiger partial charge in [0, 0.05) is 38.4 Å². The van der Waals surface area contributed by atoms with Gasteiger partial charge in [0.2, 0.25) is 0 Å². The molecule has 72 valence electrons. The Kier molecular flexibility index (Phi) is 2.94. The van der Waals surface area contributed by atoms with Crippen molar-refractivity contribution < 1.29 is 4.74 Å². The summed E-state index contributed by atoms with van der Waals surface area (Å²) in [5.74, 6) is 1.08. The van der Waals surface area contributed by atoms with Crippen molar-refractivity contribution >= 4 is 0 Å². The summed E-state index contributed by atoms with van der Waals surface area (Å²) in [5.41, 5.74) is 0. The zero-order valence-electron chi connectivity index (χ0n) is 7.70. The second-order valence-corrected chi connectivity index (χ2v) is 3.24. The van der Waals surface area contributed by atoms with Gasteiger partial charge in [-0.15, -0.1) is 0 Å². The van der Waals surface area contributed by atoms with Gasteiger partial charge < -0.3 is 9.72 Å². The van der Waals surface area contributed by atoms with Gasteiger partial charge in [-0.25, -0.2) is 4.98 Å². The molecule has 1 saturated heterocycles. The minimum Gasteiger partial charge on any atom is -0.379 e. The Morgan fingerprint density at radius 3 is 3.00 bits per heavy atom. The van der Waals surface area contributed by atoms with Crippen LogP contribution < -0.4 is 0 Å². The van der Waals surface area contributed by atoms with Crippen LogP contribution in [0.3, 0.4) is 0 Å². The third-order valence-electron chi connectivity index (χ3n) is 2.32. The topological polar surface area (TPSA) is 41.2 Å². The number of nitrogens with zero attached hydrogens (tertiary/aromatic N) is 2. The maximum absolute atomic E-state index is 5.27. The molecule has 0 unspecified atom stereocenters. The van der Waals surface area contributed by atoms with Gasteiger partial charge in [-0.1, -0.05) is 0 Å². The van der Waals surface area contributed by atoms with Gasteiger partial charge in [-0.3, -0.25) is 4.90 Å². The Morgan fingerprint density at radius 1 is 1.46 bits per heavy atom. The molecule has 1 fully saturated rings. The maximum atomic E-state index is 5.27. The first-order valence-electron chi connectivity index (χ1n) is 4.73. The zero-order chi connectivity index (χ0) is 8.93. The molecule has 0 radical (unpaired) electrons. The number of aromatic amines is 1. The van der Waals surface area contributed by atoms with Crippen LogP contribution in [0.4, 0.5) is 0 Å². The van der Waals surface area contributed by atoms with Crippen molar-refractivity contribution in [1.82, 2.24) is 14.9 Å². The van der Waals surface area contributed by atoms with E-state index in [2.05, 4.69) is 14.9 Å². The molecule has 2 rings (SSSR count). The monoisotopic (exact) mass is 181 g/mol. The molecule has 0 atom stereocenters. The second kappa shape index (κ2) is 4.39. The van der Waals surface area contributed by atoms with Crippen molar-refractivity contribution in [2.45, 2.75) is 6.42 Å². The molecule has 1 aromatic rings. The number of morpholine rings is 1. The van der Waals surface area contributed by atoms with Crippen LogP contribution in [0, 0.1) is 0 Å². The summed E-state index contributed by atoms with van der Waals surface area (Å²) >= 11 is 0.